The largest absolute Gasteiger partial charge is 0.573 e. The Morgan fingerprint density at radius 3 is 2.30 bits per heavy atom. The van der Waals surface area contributed by atoms with Gasteiger partial charge in [0.1, 0.15) is 5.75 Å². The van der Waals surface area contributed by atoms with Crippen molar-refractivity contribution in [3.8, 4) is 5.75 Å². The number of rotatable bonds is 4. The summed E-state index contributed by atoms with van der Waals surface area (Å²) in [5, 5.41) is 20.3. The zero-order valence-electron chi connectivity index (χ0n) is 11.5. The van der Waals surface area contributed by atoms with Gasteiger partial charge in [-0.05, 0) is 29.7 Å². The first-order valence-electron chi connectivity index (χ1n) is 6.38. The standard InChI is InChI=1S/C14H11BF3NO4/c16-14(17,18)23-12-3-1-2-11(8-12)19-13(20)9-4-6-10(7-5-9)15(21)22/h1-8,21-22H,(H,19,20). The lowest BCUT2D eigenvalue weighted by molar-refractivity contribution is -0.274. The van der Waals surface area contributed by atoms with Gasteiger partial charge in [0.2, 0.25) is 0 Å². The van der Waals surface area contributed by atoms with Crippen molar-refractivity contribution in [2.45, 2.75) is 6.36 Å². The van der Waals surface area contributed by atoms with Gasteiger partial charge in [0.25, 0.3) is 5.91 Å². The van der Waals surface area contributed by atoms with Gasteiger partial charge in [0.15, 0.2) is 0 Å². The van der Waals surface area contributed by atoms with Crippen LogP contribution in [0.3, 0.4) is 0 Å². The van der Waals surface area contributed by atoms with E-state index >= 15 is 0 Å². The summed E-state index contributed by atoms with van der Waals surface area (Å²) in [5.74, 6) is -1.01. The molecule has 2 aromatic carbocycles. The highest BCUT2D eigenvalue weighted by atomic mass is 19.4. The van der Waals surface area contributed by atoms with Crippen LogP contribution in [0, 0.1) is 0 Å². The van der Waals surface area contributed by atoms with Crippen molar-refractivity contribution in [2.24, 2.45) is 0 Å². The Morgan fingerprint density at radius 1 is 1.09 bits per heavy atom. The van der Waals surface area contributed by atoms with Crippen LogP contribution < -0.4 is 15.5 Å². The molecule has 120 valence electrons. The topological polar surface area (TPSA) is 78.8 Å². The second-order valence-electron chi connectivity index (χ2n) is 4.53. The smallest absolute Gasteiger partial charge is 0.423 e. The third kappa shape index (κ3) is 5.01. The molecule has 0 unspecified atom stereocenters. The Balaban J connectivity index is 2.09. The molecular formula is C14H11BF3NO4. The number of amides is 1. The van der Waals surface area contributed by atoms with E-state index in [4.69, 9.17) is 10.0 Å². The average Bonchev–Trinajstić information content (AvgIpc) is 2.46. The molecule has 9 heteroatoms. The lowest BCUT2D eigenvalue weighted by Gasteiger charge is -2.11. The summed E-state index contributed by atoms with van der Waals surface area (Å²) >= 11 is 0. The fourth-order valence-corrected chi connectivity index (χ4v) is 1.78. The summed E-state index contributed by atoms with van der Waals surface area (Å²) in [6.07, 6.45) is -4.82. The van der Waals surface area contributed by atoms with Crippen LogP contribution in [0.25, 0.3) is 0 Å². The third-order valence-corrected chi connectivity index (χ3v) is 2.80. The van der Waals surface area contributed by atoms with Gasteiger partial charge in [0.05, 0.1) is 0 Å². The second-order valence-corrected chi connectivity index (χ2v) is 4.53. The quantitative estimate of drug-likeness (QED) is 0.745. The molecule has 2 aromatic rings. The van der Waals surface area contributed by atoms with Gasteiger partial charge >= 0.3 is 13.5 Å². The molecule has 0 aliphatic carbocycles. The van der Waals surface area contributed by atoms with Crippen LogP contribution in [0.4, 0.5) is 18.9 Å². The number of alkyl halides is 3. The maximum absolute atomic E-state index is 12.2. The van der Waals surface area contributed by atoms with E-state index in [1.54, 1.807) is 0 Å². The summed E-state index contributed by atoms with van der Waals surface area (Å²) in [6, 6.07) is 10.3. The molecule has 23 heavy (non-hydrogen) atoms. The molecule has 0 aromatic heterocycles. The van der Waals surface area contributed by atoms with Crippen LogP contribution in [0.5, 0.6) is 5.75 Å². The summed E-state index contributed by atoms with van der Waals surface area (Å²) in [4.78, 5) is 12.0. The van der Waals surface area contributed by atoms with E-state index < -0.39 is 25.1 Å². The van der Waals surface area contributed by atoms with Crippen LogP contribution in [0.15, 0.2) is 48.5 Å². The van der Waals surface area contributed by atoms with Crippen LogP contribution in [-0.2, 0) is 0 Å². The number of hydrogen-bond donors (Lipinski definition) is 3. The highest BCUT2D eigenvalue weighted by molar-refractivity contribution is 6.58. The summed E-state index contributed by atoms with van der Waals surface area (Å²) in [5.41, 5.74) is 0.543. The number of hydrogen-bond acceptors (Lipinski definition) is 4. The summed E-state index contributed by atoms with van der Waals surface area (Å²) < 4.78 is 40.2. The van der Waals surface area contributed by atoms with Crippen molar-refractivity contribution in [1.82, 2.24) is 0 Å². The van der Waals surface area contributed by atoms with Crippen molar-refractivity contribution in [2.75, 3.05) is 5.32 Å². The second kappa shape index (κ2) is 6.72. The number of carbonyl (C=O) groups is 1. The van der Waals surface area contributed by atoms with E-state index in [0.29, 0.717) is 0 Å². The Bertz CT molecular complexity index is 689. The molecule has 0 aliphatic rings. The summed E-state index contributed by atoms with van der Waals surface area (Å²) in [7, 11) is -1.65. The van der Waals surface area contributed by atoms with E-state index in [-0.39, 0.29) is 16.7 Å². The Morgan fingerprint density at radius 2 is 1.74 bits per heavy atom. The van der Waals surface area contributed by atoms with Crippen LogP contribution in [0.1, 0.15) is 10.4 Å². The van der Waals surface area contributed by atoms with Crippen molar-refractivity contribution in [3.63, 3.8) is 0 Å². The fourth-order valence-electron chi connectivity index (χ4n) is 1.78. The van der Waals surface area contributed by atoms with Crippen molar-refractivity contribution in [3.05, 3.63) is 54.1 Å². The van der Waals surface area contributed by atoms with Gasteiger partial charge in [-0.1, -0.05) is 18.2 Å². The van der Waals surface area contributed by atoms with Gasteiger partial charge in [-0.15, -0.1) is 13.2 Å². The maximum Gasteiger partial charge on any atom is 0.573 e. The number of benzene rings is 2. The first-order valence-corrected chi connectivity index (χ1v) is 6.38. The maximum atomic E-state index is 12.2. The van der Waals surface area contributed by atoms with E-state index in [0.717, 1.165) is 12.1 Å². The molecule has 0 atom stereocenters. The monoisotopic (exact) mass is 325 g/mol. The van der Waals surface area contributed by atoms with Crippen molar-refractivity contribution in [1.29, 1.82) is 0 Å². The molecule has 5 nitrogen and oxygen atoms in total. The zero-order valence-corrected chi connectivity index (χ0v) is 11.5. The lowest BCUT2D eigenvalue weighted by Crippen LogP contribution is -2.29. The van der Waals surface area contributed by atoms with Gasteiger partial charge in [-0.2, -0.15) is 0 Å². The molecule has 1 amide bonds. The molecular weight excluding hydrogens is 314 g/mol. The van der Waals surface area contributed by atoms with Gasteiger partial charge in [0, 0.05) is 17.3 Å². The number of nitrogens with one attached hydrogen (secondary N) is 1. The molecule has 2 rings (SSSR count). The van der Waals surface area contributed by atoms with Gasteiger partial charge in [-0.25, -0.2) is 0 Å². The predicted octanol–water partition coefficient (Wildman–Crippen LogP) is 1.52. The van der Waals surface area contributed by atoms with Crippen LogP contribution in [0.2, 0.25) is 0 Å². The van der Waals surface area contributed by atoms with Crippen LogP contribution in [-0.4, -0.2) is 29.4 Å². The Kier molecular flexibility index (Phi) is 4.92. The molecule has 0 saturated heterocycles. The highest BCUT2D eigenvalue weighted by Gasteiger charge is 2.31. The highest BCUT2D eigenvalue weighted by Crippen LogP contribution is 2.25. The molecule has 0 bridgehead atoms. The minimum absolute atomic E-state index is 0.128. The number of ether oxygens (including phenoxy) is 1. The SMILES string of the molecule is O=C(Nc1cccc(OC(F)(F)F)c1)c1ccc(B(O)O)cc1. The Hall–Kier alpha value is -2.52. The molecule has 0 heterocycles. The molecule has 0 saturated carbocycles. The summed E-state index contributed by atoms with van der Waals surface area (Å²) in [6.45, 7) is 0. The predicted molar refractivity (Wildman–Crippen MR) is 77.3 cm³/mol. The zero-order chi connectivity index (χ0) is 17.0. The first kappa shape index (κ1) is 16.8. The number of halogens is 3. The van der Waals surface area contributed by atoms with Gasteiger partial charge < -0.3 is 20.1 Å². The average molecular weight is 325 g/mol. The van der Waals surface area contributed by atoms with Crippen molar-refractivity contribution >= 4 is 24.2 Å². The minimum Gasteiger partial charge on any atom is -0.423 e. The number of carbonyl (C=O) groups excluding carboxylic acids is 1. The molecule has 3 N–H and O–H groups in total. The lowest BCUT2D eigenvalue weighted by atomic mass is 9.80. The first-order chi connectivity index (χ1) is 10.7. The number of anilines is 1. The third-order valence-electron chi connectivity index (χ3n) is 2.80. The van der Waals surface area contributed by atoms with E-state index in [2.05, 4.69) is 10.1 Å². The van der Waals surface area contributed by atoms with E-state index in [1.807, 2.05) is 0 Å². The van der Waals surface area contributed by atoms with Crippen LogP contribution >= 0.6 is 0 Å². The van der Waals surface area contributed by atoms with Crippen molar-refractivity contribution < 1.29 is 32.8 Å². The minimum atomic E-state index is -4.82. The molecule has 0 fully saturated rings. The Labute approximate surface area is 129 Å². The fraction of sp³-hybridized carbons (Fsp3) is 0.0714. The molecule has 0 spiro atoms. The molecule has 0 radical (unpaired) electrons. The molecule has 0 aliphatic heterocycles. The van der Waals surface area contributed by atoms with Gasteiger partial charge in [-0.3, -0.25) is 4.79 Å². The normalized spacial score (nSPS) is 11.0. The van der Waals surface area contributed by atoms with E-state index in [1.165, 1.54) is 36.4 Å². The van der Waals surface area contributed by atoms with E-state index in [9.17, 15) is 18.0 Å².